The lowest BCUT2D eigenvalue weighted by Crippen LogP contribution is -2.29. The Bertz CT molecular complexity index is 1500. The van der Waals surface area contributed by atoms with Crippen LogP contribution in [-0.2, 0) is 0 Å². The van der Waals surface area contributed by atoms with Crippen LogP contribution in [0.15, 0.2) is 84.9 Å². The van der Waals surface area contributed by atoms with E-state index in [-0.39, 0.29) is 11.1 Å². The van der Waals surface area contributed by atoms with Gasteiger partial charge in [0.15, 0.2) is 0 Å². The number of nitrogens with zero attached hydrogens (tertiary/aromatic N) is 2. The monoisotopic (exact) mass is 474 g/mol. The van der Waals surface area contributed by atoms with Crippen molar-refractivity contribution in [2.24, 2.45) is 0 Å². The van der Waals surface area contributed by atoms with Crippen LogP contribution >= 0.6 is 0 Å². The molecule has 0 radical (unpaired) electrons. The van der Waals surface area contributed by atoms with E-state index < -0.39 is 23.6 Å². The van der Waals surface area contributed by atoms with Crippen LogP contribution in [0.5, 0.6) is 0 Å². The number of anilines is 4. The molecule has 0 fully saturated rings. The molecule has 0 aliphatic carbocycles. The van der Waals surface area contributed by atoms with Crippen molar-refractivity contribution in [3.8, 4) is 11.1 Å². The molecule has 4 N–H and O–H groups in total. The quantitative estimate of drug-likeness (QED) is 0.340. The summed E-state index contributed by atoms with van der Waals surface area (Å²) in [5, 5.41) is 0. The molecule has 0 aromatic heterocycles. The summed E-state index contributed by atoms with van der Waals surface area (Å²) in [5.74, 6) is -1.72. The van der Waals surface area contributed by atoms with Gasteiger partial charge < -0.3 is 11.5 Å². The molecule has 4 aromatic carbocycles. The number of nitrogen functional groups attached to an aromatic ring is 2. The maximum absolute atomic E-state index is 13.1. The minimum atomic E-state index is -0.441. The van der Waals surface area contributed by atoms with Gasteiger partial charge in [0.1, 0.15) is 0 Å². The van der Waals surface area contributed by atoms with Crippen LogP contribution < -0.4 is 21.3 Å². The molecule has 0 bridgehead atoms. The Balaban J connectivity index is 1.35. The molecule has 0 unspecified atom stereocenters. The second-order valence-corrected chi connectivity index (χ2v) is 8.60. The minimum absolute atomic E-state index is 0.265. The molecular weight excluding hydrogens is 456 g/mol. The minimum Gasteiger partial charge on any atom is -0.399 e. The lowest BCUT2D eigenvalue weighted by Gasteiger charge is -2.13. The predicted molar refractivity (Wildman–Crippen MR) is 136 cm³/mol. The highest BCUT2D eigenvalue weighted by Gasteiger charge is 2.38. The lowest BCUT2D eigenvalue weighted by molar-refractivity contribution is 0.0910. The van der Waals surface area contributed by atoms with Crippen molar-refractivity contribution in [2.45, 2.75) is 0 Å². The maximum Gasteiger partial charge on any atom is 0.266 e. The van der Waals surface area contributed by atoms with Crippen LogP contribution in [0.4, 0.5) is 22.7 Å². The summed E-state index contributed by atoms with van der Waals surface area (Å²) in [6.07, 6.45) is 0. The highest BCUT2D eigenvalue weighted by atomic mass is 16.2. The maximum atomic E-state index is 13.1. The van der Waals surface area contributed by atoms with E-state index in [0.717, 1.165) is 9.80 Å². The van der Waals surface area contributed by atoms with Gasteiger partial charge in [0, 0.05) is 11.4 Å². The van der Waals surface area contributed by atoms with E-state index in [9.17, 15) is 19.2 Å². The first-order valence-electron chi connectivity index (χ1n) is 11.1. The Morgan fingerprint density at radius 3 is 1.11 bits per heavy atom. The van der Waals surface area contributed by atoms with Gasteiger partial charge in [-0.15, -0.1) is 0 Å². The number of nitrogens with two attached hydrogens (primary N) is 2. The van der Waals surface area contributed by atoms with Crippen molar-refractivity contribution >= 4 is 46.4 Å². The number of hydrogen-bond donors (Lipinski definition) is 2. The third-order valence-corrected chi connectivity index (χ3v) is 6.41. The van der Waals surface area contributed by atoms with Crippen LogP contribution in [0.2, 0.25) is 0 Å². The average Bonchev–Trinajstić information content (AvgIpc) is 3.29. The highest BCUT2D eigenvalue weighted by molar-refractivity contribution is 6.35. The van der Waals surface area contributed by atoms with Crippen molar-refractivity contribution in [2.75, 3.05) is 21.3 Å². The van der Waals surface area contributed by atoms with Gasteiger partial charge in [-0.1, -0.05) is 12.1 Å². The number of fused-ring (bicyclic) bond motifs is 2. The SMILES string of the molecule is Nc1ccc(N2C(=O)c3ccc(-c4ccc5c(c4)C(=O)N(c4ccc(N)cc4)C5=O)cc3C2=O)cc1. The van der Waals surface area contributed by atoms with Crippen molar-refractivity contribution < 1.29 is 19.2 Å². The van der Waals surface area contributed by atoms with E-state index in [2.05, 4.69) is 0 Å². The van der Waals surface area contributed by atoms with Gasteiger partial charge in [-0.2, -0.15) is 0 Å². The first-order chi connectivity index (χ1) is 17.3. The van der Waals surface area contributed by atoms with E-state index in [0.29, 0.717) is 45.0 Å². The van der Waals surface area contributed by atoms with Gasteiger partial charge in [0.05, 0.1) is 33.6 Å². The van der Waals surface area contributed by atoms with Crippen LogP contribution in [0.1, 0.15) is 41.4 Å². The molecule has 2 aliphatic rings. The summed E-state index contributed by atoms with van der Waals surface area (Å²) in [5.41, 5.74) is 15.8. The molecule has 0 atom stereocenters. The standard InChI is InChI=1S/C28H18N4O4/c29-17-3-7-19(8-4-17)31-25(33)21-11-1-15(13-23(21)27(31)35)16-2-12-22-24(14-16)28(36)32(26(22)34)20-9-5-18(30)6-10-20/h1-14H,29-30H2. The summed E-state index contributed by atoms with van der Waals surface area (Å²) in [7, 11) is 0. The molecule has 174 valence electrons. The van der Waals surface area contributed by atoms with Gasteiger partial charge in [-0.25, -0.2) is 9.80 Å². The Labute approximate surface area is 205 Å². The molecular formula is C28H18N4O4. The van der Waals surface area contributed by atoms with E-state index in [1.54, 1.807) is 84.9 Å². The van der Waals surface area contributed by atoms with Crippen LogP contribution in [0.25, 0.3) is 11.1 Å². The fourth-order valence-corrected chi connectivity index (χ4v) is 4.56. The first-order valence-corrected chi connectivity index (χ1v) is 11.1. The number of imide groups is 2. The summed E-state index contributed by atoms with van der Waals surface area (Å²) >= 11 is 0. The summed E-state index contributed by atoms with van der Waals surface area (Å²) in [6, 6.07) is 22.9. The fourth-order valence-electron chi connectivity index (χ4n) is 4.56. The van der Waals surface area contributed by atoms with Crippen LogP contribution in [-0.4, -0.2) is 23.6 Å². The van der Waals surface area contributed by atoms with Crippen LogP contribution in [0, 0.1) is 0 Å². The van der Waals surface area contributed by atoms with Crippen molar-refractivity contribution in [1.29, 1.82) is 0 Å². The molecule has 0 saturated heterocycles. The smallest absolute Gasteiger partial charge is 0.266 e. The number of rotatable bonds is 3. The molecule has 4 aromatic rings. The highest BCUT2D eigenvalue weighted by Crippen LogP contribution is 2.35. The lowest BCUT2D eigenvalue weighted by atomic mass is 9.97. The molecule has 0 spiro atoms. The topological polar surface area (TPSA) is 127 Å². The molecule has 0 saturated carbocycles. The largest absolute Gasteiger partial charge is 0.399 e. The van der Waals surface area contributed by atoms with Crippen molar-refractivity contribution in [1.82, 2.24) is 0 Å². The molecule has 2 heterocycles. The zero-order valence-corrected chi connectivity index (χ0v) is 18.8. The van der Waals surface area contributed by atoms with Gasteiger partial charge in [0.2, 0.25) is 0 Å². The second-order valence-electron chi connectivity index (χ2n) is 8.60. The van der Waals surface area contributed by atoms with Gasteiger partial charge >= 0.3 is 0 Å². The fraction of sp³-hybridized carbons (Fsp3) is 0. The number of carbonyl (C=O) groups excluding carboxylic acids is 4. The normalized spacial score (nSPS) is 14.4. The predicted octanol–water partition coefficient (Wildman–Crippen LogP) is 4.12. The Kier molecular flexibility index (Phi) is 4.52. The molecule has 2 aliphatic heterocycles. The Morgan fingerprint density at radius 1 is 0.417 bits per heavy atom. The number of carbonyl (C=O) groups is 4. The molecule has 36 heavy (non-hydrogen) atoms. The van der Waals surface area contributed by atoms with Crippen molar-refractivity contribution in [3.05, 3.63) is 107 Å². The zero-order valence-electron chi connectivity index (χ0n) is 18.8. The number of hydrogen-bond acceptors (Lipinski definition) is 6. The molecule has 8 heteroatoms. The number of amides is 4. The van der Waals surface area contributed by atoms with Gasteiger partial charge in [-0.05, 0) is 83.9 Å². The van der Waals surface area contributed by atoms with E-state index in [1.165, 1.54) is 0 Å². The molecule has 8 nitrogen and oxygen atoms in total. The van der Waals surface area contributed by atoms with E-state index in [4.69, 9.17) is 11.5 Å². The third kappa shape index (κ3) is 3.08. The number of benzene rings is 4. The average molecular weight is 474 g/mol. The zero-order chi connectivity index (χ0) is 25.1. The van der Waals surface area contributed by atoms with E-state index >= 15 is 0 Å². The molecule has 6 rings (SSSR count). The van der Waals surface area contributed by atoms with Gasteiger partial charge in [0.25, 0.3) is 23.6 Å². The third-order valence-electron chi connectivity index (χ3n) is 6.41. The van der Waals surface area contributed by atoms with E-state index in [1.807, 2.05) is 0 Å². The Morgan fingerprint density at radius 2 is 0.750 bits per heavy atom. The van der Waals surface area contributed by atoms with Crippen molar-refractivity contribution in [3.63, 3.8) is 0 Å². The second kappa shape index (κ2) is 7.64. The van der Waals surface area contributed by atoms with Crippen LogP contribution in [0.3, 0.4) is 0 Å². The Hall–Kier alpha value is -5.24. The summed E-state index contributed by atoms with van der Waals surface area (Å²) in [6.45, 7) is 0. The van der Waals surface area contributed by atoms with Gasteiger partial charge in [-0.3, -0.25) is 19.2 Å². The molecule has 4 amide bonds. The first kappa shape index (κ1) is 21.3. The summed E-state index contributed by atoms with van der Waals surface area (Å²) in [4.78, 5) is 54.4. The summed E-state index contributed by atoms with van der Waals surface area (Å²) < 4.78 is 0.